The Morgan fingerprint density at radius 2 is 0.922 bits per heavy atom. The number of rotatable bonds is 25. The molecule has 37 nitrogen and oxygen atoms in total. The molecular formula is C88H71N13O24S4. The number of carboxylic acids is 1. The summed E-state index contributed by atoms with van der Waals surface area (Å²) in [6.07, 6.45) is 6.77. The fraction of sp³-hybridized carbons (Fsp3) is 0.182. The molecule has 2 fully saturated rings. The van der Waals surface area contributed by atoms with Gasteiger partial charge < -0.3 is 55.4 Å². The molecule has 13 aromatic rings. The Labute approximate surface area is 734 Å². The monoisotopic (exact) mass is 1820 g/mol. The van der Waals surface area contributed by atoms with Gasteiger partial charge in [0.15, 0.2) is 23.1 Å². The van der Waals surface area contributed by atoms with Gasteiger partial charge in [0, 0.05) is 94.2 Å². The molecule has 4 aliphatic carbocycles. The standard InChI is InChI=1S/C88H71N13O18S2.2O3S/c1-100-64-33-31-61(71-73(64)69(57-17-9-11-19-59(57)79(71)105)75(81(100)107)77(103)47-13-5-3-6-14-47)89-53-29-35-66(120(112,113)114)49(38-53)41-68-94-84(97-87(111)95-68)90-51-25-21-45(22-26-51)37-46-23-27-52(28-24-46)91-85-96-86(99-88(98-85)119-56-40-50(83(109)110)39-55(43-56)118-44-102)92-54-30-36-67(121(115,116)117)63(42-54)93-62-32-34-65-74-70(58-18-10-12-20-60(58)80(106)72(62)74)76(82(108)101(65)2)78(104)48-15-7-4-8-16-48;2*1-4(2)3/h3-20,29-36,38-40,42-46,51-52,89,93H,21-28,37,41H2,1-2H3,(H,109,110)(H,112,113,114)(H,115,116,117)(H2,90,94,95,97,111)(H2,91,92,96,98,99);;. The molecule has 9 aromatic carbocycles. The fourth-order valence-corrected chi connectivity index (χ4v) is 18.3. The number of anilines is 8. The maximum atomic E-state index is 14.9. The first-order valence-corrected chi connectivity index (χ1v) is 44.4. The van der Waals surface area contributed by atoms with Gasteiger partial charge in [-0.05, 0) is 159 Å². The van der Waals surface area contributed by atoms with Crippen LogP contribution >= 0.6 is 0 Å². The van der Waals surface area contributed by atoms with Gasteiger partial charge in [-0.15, -0.1) is 25.3 Å². The third-order valence-electron chi connectivity index (χ3n) is 22.6. The van der Waals surface area contributed by atoms with E-state index >= 15 is 0 Å². The highest BCUT2D eigenvalue weighted by molar-refractivity contribution is 7.86. The summed E-state index contributed by atoms with van der Waals surface area (Å²) in [7, 11) is -13.1. The zero-order valence-electron chi connectivity index (χ0n) is 67.5. The third kappa shape index (κ3) is 19.0. The van der Waals surface area contributed by atoms with Crippen molar-refractivity contribution in [2.75, 3.05) is 26.6 Å². The predicted octanol–water partition coefficient (Wildman–Crippen LogP) is 11.7. The normalized spacial score (nSPS) is 15.4. The Balaban J connectivity index is 0.00000153. The molecule has 656 valence electrons. The van der Waals surface area contributed by atoms with Gasteiger partial charge in [-0.3, -0.25) is 42.7 Å². The van der Waals surface area contributed by atoms with E-state index in [0.29, 0.717) is 57.8 Å². The van der Waals surface area contributed by atoms with E-state index in [1.165, 1.54) is 65.7 Å². The van der Waals surface area contributed by atoms with Crippen molar-refractivity contribution in [2.45, 2.75) is 86.1 Å². The van der Waals surface area contributed by atoms with E-state index in [4.69, 9.17) is 34.7 Å². The molecule has 4 aliphatic rings. The molecule has 0 atom stereocenters. The molecule has 0 spiro atoms. The number of aryl methyl sites for hydroxylation is 2. The van der Waals surface area contributed by atoms with Gasteiger partial charge in [-0.25, -0.2) is 4.79 Å². The SMILES string of the molecule is Cn1c(=O)c(C(=O)c2ccccc2)c2c3c(c(Nc4ccc(S(=O)(=O)O)c(Cc5nc(O)nc(NC6CCC(CC7CCC(Nc8nc(Nc9ccc(S(=O)(=O)O)c(Nc%10ccc%11c%12c%10C(=O)c%10ccccc%10-c%12c(C(=O)c%10ccccc%10)c(=O)n%11C)c9)nc(Oc9cc(OC=O)cc(C(=O)O)c9)n8)CC7)CC6)n5)c4)ccc31)C(=O)c1ccccc1-2.O=S(=O)=O.O=S(=O)=O. The smallest absolute Gasteiger partial charge is 0.425 e. The molecule has 0 radical (unpaired) electrons. The van der Waals surface area contributed by atoms with Crippen LogP contribution in [0.3, 0.4) is 0 Å². The van der Waals surface area contributed by atoms with Crippen molar-refractivity contribution >= 4 is 145 Å². The van der Waals surface area contributed by atoms with Gasteiger partial charge in [0.25, 0.3) is 37.8 Å². The lowest BCUT2D eigenvalue weighted by Crippen LogP contribution is -2.30. The Bertz CT molecular complexity index is 7450. The second kappa shape index (κ2) is 36.7. The lowest BCUT2D eigenvalue weighted by atomic mass is 9.75. The van der Waals surface area contributed by atoms with Crippen LogP contribution in [0.1, 0.15) is 143 Å². The number of carbonyl (C=O) groups excluding carboxylic acids is 5. The highest BCUT2D eigenvalue weighted by Gasteiger charge is 2.38. The van der Waals surface area contributed by atoms with Gasteiger partial charge in [-0.1, -0.05) is 109 Å². The summed E-state index contributed by atoms with van der Waals surface area (Å²) < 4.78 is 138. The summed E-state index contributed by atoms with van der Waals surface area (Å²) in [5.74, 6) is -3.15. The number of hydrogen-bond donors (Lipinski definition) is 9. The van der Waals surface area contributed by atoms with E-state index in [2.05, 4.69) is 56.5 Å². The highest BCUT2D eigenvalue weighted by Crippen LogP contribution is 2.48. The van der Waals surface area contributed by atoms with Crippen LogP contribution in [0, 0.1) is 11.8 Å². The summed E-state index contributed by atoms with van der Waals surface area (Å²) in [4.78, 5) is 136. The number of aromatic carboxylic acids is 1. The van der Waals surface area contributed by atoms with Crippen molar-refractivity contribution in [3.63, 3.8) is 0 Å². The average Bonchev–Trinajstić information content (AvgIpc) is 0.713. The maximum Gasteiger partial charge on any atom is 0.425 e. The van der Waals surface area contributed by atoms with Crippen molar-refractivity contribution in [3.05, 3.63) is 270 Å². The Kier molecular flexibility index (Phi) is 25.2. The number of aromatic nitrogens is 8. The van der Waals surface area contributed by atoms with Crippen LogP contribution in [-0.4, -0.2) is 148 Å². The maximum absolute atomic E-state index is 14.9. The predicted molar refractivity (Wildman–Crippen MR) is 465 cm³/mol. The van der Waals surface area contributed by atoms with Crippen molar-refractivity contribution in [1.29, 1.82) is 0 Å². The number of ether oxygens (including phenoxy) is 2. The third-order valence-corrected chi connectivity index (χ3v) is 24.4. The number of pyridine rings is 2. The molecule has 0 aliphatic heterocycles. The first-order chi connectivity index (χ1) is 61.7. The molecule has 41 heteroatoms. The van der Waals surface area contributed by atoms with Crippen LogP contribution in [0.25, 0.3) is 44.1 Å². The van der Waals surface area contributed by atoms with E-state index in [1.807, 2.05) is 0 Å². The molecule has 0 saturated heterocycles. The van der Waals surface area contributed by atoms with Gasteiger partial charge in [0.05, 0.1) is 60.8 Å². The van der Waals surface area contributed by atoms with Crippen molar-refractivity contribution in [2.24, 2.45) is 25.9 Å². The average molecular weight is 1820 g/mol. The lowest BCUT2D eigenvalue weighted by Gasteiger charge is -2.34. The zero-order chi connectivity index (χ0) is 91.6. The van der Waals surface area contributed by atoms with E-state index in [1.54, 1.807) is 127 Å². The molecule has 2 saturated carbocycles. The van der Waals surface area contributed by atoms with Crippen LogP contribution in [0.4, 0.5) is 46.3 Å². The number of carboxylic acid groups (broad SMARTS) is 1. The number of carbonyl (C=O) groups is 6. The summed E-state index contributed by atoms with van der Waals surface area (Å²) >= 11 is 0. The Morgan fingerprint density at radius 1 is 0.473 bits per heavy atom. The molecule has 0 bridgehead atoms. The summed E-state index contributed by atoms with van der Waals surface area (Å²) in [5, 5.41) is 37.7. The summed E-state index contributed by atoms with van der Waals surface area (Å²) in [6.45, 7) is 0.114. The zero-order valence-corrected chi connectivity index (χ0v) is 70.8. The molecule has 4 aromatic heterocycles. The Hall–Kier alpha value is -15.3. The number of ketones is 4. The van der Waals surface area contributed by atoms with Crippen LogP contribution in [0.5, 0.6) is 23.5 Å². The van der Waals surface area contributed by atoms with Crippen LogP contribution < -0.4 is 47.2 Å². The van der Waals surface area contributed by atoms with Gasteiger partial charge >= 0.3 is 39.2 Å². The van der Waals surface area contributed by atoms with Gasteiger partial charge in [0.2, 0.25) is 17.8 Å². The number of hydrogen-bond acceptors (Lipinski definition) is 32. The summed E-state index contributed by atoms with van der Waals surface area (Å²) in [5.41, 5.74) is 1.74. The minimum atomic E-state index is -5.03. The number of aromatic hydroxyl groups is 1. The van der Waals surface area contributed by atoms with Gasteiger partial charge in [-0.2, -0.15) is 46.7 Å². The van der Waals surface area contributed by atoms with E-state index < -0.39 is 97.5 Å². The number of nitrogens with zero attached hydrogens (tertiary/aromatic N) is 8. The molecular weight excluding hydrogens is 1750 g/mol. The van der Waals surface area contributed by atoms with Crippen molar-refractivity contribution < 1.29 is 99.6 Å². The molecule has 129 heavy (non-hydrogen) atoms. The number of benzene rings is 9. The van der Waals surface area contributed by atoms with Crippen LogP contribution in [-0.2, 0) is 66.8 Å². The van der Waals surface area contributed by atoms with E-state index in [9.17, 15) is 74.5 Å². The van der Waals surface area contributed by atoms with E-state index in [0.717, 1.165) is 63.1 Å². The second-order valence-electron chi connectivity index (χ2n) is 30.5. The fourth-order valence-electron chi connectivity index (χ4n) is 17.0. The van der Waals surface area contributed by atoms with Crippen LogP contribution in [0.15, 0.2) is 207 Å². The molecule has 9 N–H and O–H groups in total. The molecule has 4 heterocycles. The van der Waals surface area contributed by atoms with Crippen molar-refractivity contribution in [3.8, 4) is 45.8 Å². The first-order valence-electron chi connectivity index (χ1n) is 39.5. The number of nitrogens with one attached hydrogen (secondary N) is 5. The second-order valence-corrected chi connectivity index (χ2v) is 34.1. The molecule has 0 unspecified atom stereocenters. The van der Waals surface area contributed by atoms with Crippen LogP contribution in [0.2, 0.25) is 0 Å². The van der Waals surface area contributed by atoms with E-state index in [-0.39, 0.29) is 161 Å². The first kappa shape index (κ1) is 88.6. The topological polar surface area (TPSA) is 554 Å². The molecule has 0 amide bonds. The number of fused-ring (bicyclic) bond motifs is 4. The molecule has 17 rings (SSSR count). The lowest BCUT2D eigenvalue weighted by molar-refractivity contribution is -0.120. The largest absolute Gasteiger partial charge is 0.479 e. The highest BCUT2D eigenvalue weighted by atomic mass is 32.2. The van der Waals surface area contributed by atoms with Crippen molar-refractivity contribution in [1.82, 2.24) is 39.0 Å². The quantitative estimate of drug-likeness (QED) is 0.0146. The minimum Gasteiger partial charge on any atom is -0.479 e. The Morgan fingerprint density at radius 3 is 1.41 bits per heavy atom. The van der Waals surface area contributed by atoms with Gasteiger partial charge in [0.1, 0.15) is 22.2 Å². The minimum absolute atomic E-state index is 0.0000508. The summed E-state index contributed by atoms with van der Waals surface area (Å²) in [6, 6.07) is 46.1.